The maximum atomic E-state index is 12.9. The van der Waals surface area contributed by atoms with E-state index in [2.05, 4.69) is 30.6 Å². The Kier molecular flexibility index (Phi) is 5.64. The Labute approximate surface area is 185 Å². The van der Waals surface area contributed by atoms with Crippen LogP contribution in [0, 0.1) is 0 Å². The topological polar surface area (TPSA) is 117 Å². The summed E-state index contributed by atoms with van der Waals surface area (Å²) in [4.78, 5) is 30.6. The van der Waals surface area contributed by atoms with Crippen molar-refractivity contribution in [2.24, 2.45) is 0 Å². The van der Waals surface area contributed by atoms with Gasteiger partial charge in [0.15, 0.2) is 0 Å². The van der Waals surface area contributed by atoms with Crippen molar-refractivity contribution in [2.45, 2.75) is 44.2 Å². The van der Waals surface area contributed by atoms with Crippen molar-refractivity contribution in [1.82, 2.24) is 29.7 Å². The summed E-state index contributed by atoms with van der Waals surface area (Å²) < 4.78 is 1.86. The summed E-state index contributed by atoms with van der Waals surface area (Å²) in [5.74, 6) is 0.978. The number of aromatic nitrogens is 5. The third-order valence-electron chi connectivity index (χ3n) is 5.84. The standard InChI is InChI=1S/C23H25N7O2/c31-18-7-5-16(6-8-18)27-22-26-13-15-3-1-4-19(20(15)29-22)21(32)24-11-9-17-14-30-12-2-10-25-23(30)28-17/h1-4,10,12-14,16,18,31H,5-9,11H2,(H,24,32)(H,26,27,29). The van der Waals surface area contributed by atoms with E-state index in [1.54, 1.807) is 18.5 Å². The lowest BCUT2D eigenvalue weighted by Crippen LogP contribution is -2.29. The molecule has 9 heteroatoms. The second-order valence-corrected chi connectivity index (χ2v) is 8.15. The summed E-state index contributed by atoms with van der Waals surface area (Å²) in [6.45, 7) is 0.458. The molecule has 32 heavy (non-hydrogen) atoms. The van der Waals surface area contributed by atoms with Crippen molar-refractivity contribution >= 4 is 28.5 Å². The zero-order valence-electron chi connectivity index (χ0n) is 17.6. The van der Waals surface area contributed by atoms with Gasteiger partial charge in [0.1, 0.15) is 0 Å². The van der Waals surface area contributed by atoms with Gasteiger partial charge in [-0.25, -0.2) is 19.9 Å². The molecule has 5 rings (SSSR count). The van der Waals surface area contributed by atoms with E-state index in [1.165, 1.54) is 0 Å². The van der Waals surface area contributed by atoms with Crippen LogP contribution in [0.1, 0.15) is 41.7 Å². The van der Waals surface area contributed by atoms with Crippen LogP contribution in [-0.2, 0) is 6.42 Å². The van der Waals surface area contributed by atoms with Gasteiger partial charge < -0.3 is 15.7 Å². The first-order chi connectivity index (χ1) is 15.7. The summed E-state index contributed by atoms with van der Waals surface area (Å²) in [6, 6.07) is 7.60. The lowest BCUT2D eigenvalue weighted by Gasteiger charge is -2.26. The van der Waals surface area contributed by atoms with Crippen molar-refractivity contribution in [3.05, 3.63) is 60.3 Å². The zero-order chi connectivity index (χ0) is 21.9. The Morgan fingerprint density at radius 1 is 1.12 bits per heavy atom. The van der Waals surface area contributed by atoms with Gasteiger partial charge in [0, 0.05) is 49.2 Å². The minimum absolute atomic E-state index is 0.178. The fraction of sp³-hybridized carbons (Fsp3) is 0.348. The normalized spacial score (nSPS) is 18.7. The monoisotopic (exact) mass is 431 g/mol. The smallest absolute Gasteiger partial charge is 0.253 e. The number of nitrogens with zero attached hydrogens (tertiary/aromatic N) is 5. The van der Waals surface area contributed by atoms with Crippen LogP contribution in [0.15, 0.2) is 49.1 Å². The van der Waals surface area contributed by atoms with E-state index in [1.807, 2.05) is 35.0 Å². The third-order valence-corrected chi connectivity index (χ3v) is 5.84. The van der Waals surface area contributed by atoms with Crippen LogP contribution >= 0.6 is 0 Å². The molecule has 1 aromatic carbocycles. The van der Waals surface area contributed by atoms with Crippen LogP contribution in [-0.4, -0.2) is 54.0 Å². The molecular weight excluding hydrogens is 406 g/mol. The van der Waals surface area contributed by atoms with Crippen molar-refractivity contribution < 1.29 is 9.90 Å². The highest BCUT2D eigenvalue weighted by Gasteiger charge is 2.20. The number of amides is 1. The highest BCUT2D eigenvalue weighted by Crippen LogP contribution is 2.22. The maximum absolute atomic E-state index is 12.9. The van der Waals surface area contributed by atoms with Crippen LogP contribution in [0.3, 0.4) is 0 Å². The summed E-state index contributed by atoms with van der Waals surface area (Å²) in [5.41, 5.74) is 2.01. The van der Waals surface area contributed by atoms with Crippen LogP contribution in [0.25, 0.3) is 16.7 Å². The largest absolute Gasteiger partial charge is 0.393 e. The number of hydrogen-bond donors (Lipinski definition) is 3. The number of imidazole rings is 1. The average Bonchev–Trinajstić information content (AvgIpc) is 3.23. The number of para-hydroxylation sites is 1. The Morgan fingerprint density at radius 2 is 2.00 bits per heavy atom. The van der Waals surface area contributed by atoms with Crippen molar-refractivity contribution in [3.8, 4) is 0 Å². The lowest BCUT2D eigenvalue weighted by molar-refractivity contribution is 0.0955. The number of carbonyl (C=O) groups excluding carboxylic acids is 1. The summed E-state index contributed by atoms with van der Waals surface area (Å²) >= 11 is 0. The molecule has 1 saturated carbocycles. The first-order valence-corrected chi connectivity index (χ1v) is 10.9. The lowest BCUT2D eigenvalue weighted by atomic mass is 9.93. The maximum Gasteiger partial charge on any atom is 0.253 e. The van der Waals surface area contributed by atoms with E-state index >= 15 is 0 Å². The predicted octanol–water partition coefficient (Wildman–Crippen LogP) is 2.36. The fourth-order valence-corrected chi connectivity index (χ4v) is 4.11. The van der Waals surface area contributed by atoms with Crippen LogP contribution < -0.4 is 10.6 Å². The van der Waals surface area contributed by atoms with Gasteiger partial charge in [0.2, 0.25) is 11.7 Å². The summed E-state index contributed by atoms with van der Waals surface area (Å²) in [6.07, 6.45) is 11.0. The first-order valence-electron chi connectivity index (χ1n) is 10.9. The molecule has 0 radical (unpaired) electrons. The van der Waals surface area contributed by atoms with E-state index in [4.69, 9.17) is 0 Å². The Bertz CT molecular complexity index is 1210. The highest BCUT2D eigenvalue weighted by atomic mass is 16.3. The second-order valence-electron chi connectivity index (χ2n) is 8.15. The third kappa shape index (κ3) is 4.38. The number of aliphatic hydroxyl groups excluding tert-OH is 1. The molecule has 0 bridgehead atoms. The average molecular weight is 432 g/mol. The minimum Gasteiger partial charge on any atom is -0.393 e. The molecule has 1 amide bonds. The van der Waals surface area contributed by atoms with Gasteiger partial charge in [-0.1, -0.05) is 12.1 Å². The summed E-state index contributed by atoms with van der Waals surface area (Å²) in [5, 5.41) is 16.8. The van der Waals surface area contributed by atoms with Gasteiger partial charge in [-0.3, -0.25) is 9.20 Å². The van der Waals surface area contributed by atoms with Crippen LogP contribution in [0.4, 0.5) is 5.95 Å². The van der Waals surface area contributed by atoms with Crippen LogP contribution in [0.2, 0.25) is 0 Å². The van der Waals surface area contributed by atoms with E-state index in [0.717, 1.165) is 36.8 Å². The molecule has 164 valence electrons. The van der Waals surface area contributed by atoms with Crippen LogP contribution in [0.5, 0.6) is 0 Å². The Balaban J connectivity index is 1.27. The Morgan fingerprint density at radius 3 is 2.84 bits per heavy atom. The molecule has 0 unspecified atom stereocenters. The molecule has 0 atom stereocenters. The molecular formula is C23H25N7O2. The molecule has 3 heterocycles. The quantitative estimate of drug-likeness (QED) is 0.429. The molecule has 0 aliphatic heterocycles. The molecule has 1 aliphatic rings. The van der Waals surface area contributed by atoms with Gasteiger partial charge in [-0.05, 0) is 37.8 Å². The number of fused-ring (bicyclic) bond motifs is 2. The number of rotatable bonds is 6. The summed E-state index contributed by atoms with van der Waals surface area (Å²) in [7, 11) is 0. The van der Waals surface area contributed by atoms with Gasteiger partial charge >= 0.3 is 0 Å². The molecule has 4 aromatic rings. The molecule has 1 aliphatic carbocycles. The van der Waals surface area contributed by atoms with E-state index in [-0.39, 0.29) is 18.1 Å². The van der Waals surface area contributed by atoms with Crippen molar-refractivity contribution in [1.29, 1.82) is 0 Å². The number of hydrogen-bond acceptors (Lipinski definition) is 7. The number of nitrogens with one attached hydrogen (secondary N) is 2. The second kappa shape index (κ2) is 8.88. The zero-order valence-corrected chi connectivity index (χ0v) is 17.6. The van der Waals surface area contributed by atoms with E-state index in [9.17, 15) is 9.90 Å². The van der Waals surface area contributed by atoms with Gasteiger partial charge in [0.05, 0.1) is 22.9 Å². The van der Waals surface area contributed by atoms with Crippen molar-refractivity contribution in [2.75, 3.05) is 11.9 Å². The predicted molar refractivity (Wildman–Crippen MR) is 120 cm³/mol. The molecule has 3 N–H and O–H groups in total. The van der Waals surface area contributed by atoms with E-state index in [0.29, 0.717) is 35.8 Å². The fourth-order valence-electron chi connectivity index (χ4n) is 4.11. The molecule has 9 nitrogen and oxygen atoms in total. The molecule has 3 aromatic heterocycles. The minimum atomic E-state index is -0.210. The molecule has 0 saturated heterocycles. The molecule has 1 fully saturated rings. The number of anilines is 1. The van der Waals surface area contributed by atoms with Gasteiger partial charge in [0.25, 0.3) is 5.91 Å². The van der Waals surface area contributed by atoms with Gasteiger partial charge in [-0.2, -0.15) is 0 Å². The van der Waals surface area contributed by atoms with Crippen molar-refractivity contribution in [3.63, 3.8) is 0 Å². The number of benzene rings is 1. The van der Waals surface area contributed by atoms with Gasteiger partial charge in [-0.15, -0.1) is 0 Å². The molecule has 0 spiro atoms. The first kappa shape index (κ1) is 20.3. The Hall–Kier alpha value is -3.59. The number of carbonyl (C=O) groups is 1. The SMILES string of the molecule is O=C(NCCc1cn2cccnc2n1)c1cccc2cnc(NC3CCC(O)CC3)nc12. The highest BCUT2D eigenvalue weighted by molar-refractivity contribution is 6.05. The number of aliphatic hydroxyl groups is 1. The van der Waals surface area contributed by atoms with E-state index < -0.39 is 0 Å².